The quantitative estimate of drug-likeness (QED) is 0.672. The first kappa shape index (κ1) is 6.97. The van der Waals surface area contributed by atoms with Crippen molar-refractivity contribution in [3.63, 3.8) is 0 Å². The van der Waals surface area contributed by atoms with Gasteiger partial charge in [0.05, 0.1) is 7.11 Å². The number of aromatic nitrogens is 2. The van der Waals surface area contributed by atoms with E-state index >= 15 is 0 Å². The lowest BCUT2D eigenvalue weighted by Crippen LogP contribution is -2.08. The maximum atomic E-state index is 11.1. The van der Waals surface area contributed by atoms with Gasteiger partial charge in [-0.25, -0.2) is 4.79 Å². The van der Waals surface area contributed by atoms with E-state index in [1.807, 2.05) is 6.07 Å². The molecule has 2 heterocycles. The molecule has 0 spiro atoms. The fourth-order valence-corrected chi connectivity index (χ4v) is 1.19. The van der Waals surface area contributed by atoms with Crippen molar-refractivity contribution in [2.24, 2.45) is 0 Å². The van der Waals surface area contributed by atoms with Crippen molar-refractivity contribution < 1.29 is 4.74 Å². The van der Waals surface area contributed by atoms with Crippen molar-refractivity contribution in [2.75, 3.05) is 7.11 Å². The van der Waals surface area contributed by atoms with Crippen molar-refractivity contribution in [3.05, 3.63) is 35.0 Å². The molecule has 0 aliphatic rings. The summed E-state index contributed by atoms with van der Waals surface area (Å²) in [7, 11) is 1.58. The highest BCUT2D eigenvalue weighted by atomic mass is 16.5. The summed E-state index contributed by atoms with van der Waals surface area (Å²) in [6, 6.07) is 3.57. The first-order valence-corrected chi connectivity index (χ1v) is 3.55. The van der Waals surface area contributed by atoms with Crippen molar-refractivity contribution in [1.29, 1.82) is 0 Å². The van der Waals surface area contributed by atoms with Gasteiger partial charge in [-0.1, -0.05) is 0 Å². The molecule has 2 rings (SSSR count). The van der Waals surface area contributed by atoms with Gasteiger partial charge in [-0.15, -0.1) is 0 Å². The first-order valence-electron chi connectivity index (χ1n) is 3.55. The Hall–Kier alpha value is -1.71. The first-order chi connectivity index (χ1) is 5.83. The SMILES string of the molecule is COc1cccn2c(=O)[nH]cc12. The highest BCUT2D eigenvalue weighted by Gasteiger charge is 2.01. The van der Waals surface area contributed by atoms with E-state index in [1.54, 1.807) is 25.6 Å². The summed E-state index contributed by atoms with van der Waals surface area (Å²) in [6.07, 6.45) is 3.32. The van der Waals surface area contributed by atoms with Crippen molar-refractivity contribution in [3.8, 4) is 5.75 Å². The van der Waals surface area contributed by atoms with Crippen LogP contribution in [0.3, 0.4) is 0 Å². The minimum absolute atomic E-state index is 0.149. The predicted octanol–water partition coefficient (Wildman–Crippen LogP) is 0.636. The lowest BCUT2D eigenvalue weighted by atomic mass is 10.4. The molecule has 0 aliphatic heterocycles. The molecule has 62 valence electrons. The van der Waals surface area contributed by atoms with Crippen molar-refractivity contribution in [1.82, 2.24) is 9.38 Å². The highest BCUT2D eigenvalue weighted by Crippen LogP contribution is 2.15. The van der Waals surface area contributed by atoms with E-state index in [-0.39, 0.29) is 5.69 Å². The Kier molecular flexibility index (Phi) is 1.40. The lowest BCUT2D eigenvalue weighted by molar-refractivity contribution is 0.418. The molecule has 0 atom stereocenters. The molecule has 0 fully saturated rings. The van der Waals surface area contributed by atoms with Gasteiger partial charge in [-0.3, -0.25) is 4.40 Å². The van der Waals surface area contributed by atoms with Crippen LogP contribution in [0.4, 0.5) is 0 Å². The number of imidazole rings is 1. The number of fused-ring (bicyclic) bond motifs is 1. The predicted molar refractivity (Wildman–Crippen MR) is 44.6 cm³/mol. The van der Waals surface area contributed by atoms with Gasteiger partial charge in [0.15, 0.2) is 0 Å². The van der Waals surface area contributed by atoms with E-state index in [0.29, 0.717) is 5.75 Å². The normalized spacial score (nSPS) is 10.4. The third-order valence-corrected chi connectivity index (χ3v) is 1.77. The minimum atomic E-state index is -0.149. The minimum Gasteiger partial charge on any atom is -0.494 e. The summed E-state index contributed by atoms with van der Waals surface area (Å²) in [4.78, 5) is 13.7. The summed E-state index contributed by atoms with van der Waals surface area (Å²) in [5.74, 6) is 0.691. The lowest BCUT2D eigenvalue weighted by Gasteiger charge is -1.99. The molecule has 1 N–H and O–H groups in total. The van der Waals surface area contributed by atoms with Gasteiger partial charge in [0.25, 0.3) is 0 Å². The number of methoxy groups -OCH3 is 1. The van der Waals surface area contributed by atoms with Gasteiger partial charge < -0.3 is 9.72 Å². The van der Waals surface area contributed by atoms with Crippen LogP contribution in [-0.4, -0.2) is 16.5 Å². The fourth-order valence-electron chi connectivity index (χ4n) is 1.19. The third kappa shape index (κ3) is 0.812. The molecule has 4 nitrogen and oxygen atoms in total. The maximum Gasteiger partial charge on any atom is 0.330 e. The standard InChI is InChI=1S/C8H8N2O2/c1-12-7-3-2-4-10-6(7)5-9-8(10)11/h2-5H,1H3,(H,9,11). The topological polar surface area (TPSA) is 46.5 Å². The summed E-state index contributed by atoms with van der Waals surface area (Å²) in [5.41, 5.74) is 0.605. The number of nitrogens with zero attached hydrogens (tertiary/aromatic N) is 1. The van der Waals surface area contributed by atoms with E-state index in [0.717, 1.165) is 5.52 Å². The number of hydrogen-bond acceptors (Lipinski definition) is 2. The van der Waals surface area contributed by atoms with Crippen LogP contribution in [0.5, 0.6) is 5.75 Å². The smallest absolute Gasteiger partial charge is 0.330 e. The zero-order chi connectivity index (χ0) is 8.55. The van der Waals surface area contributed by atoms with Crippen LogP contribution in [0.2, 0.25) is 0 Å². The van der Waals surface area contributed by atoms with Gasteiger partial charge in [-0.2, -0.15) is 0 Å². The largest absolute Gasteiger partial charge is 0.494 e. The summed E-state index contributed by atoms with van der Waals surface area (Å²) in [6.45, 7) is 0. The van der Waals surface area contributed by atoms with Crippen molar-refractivity contribution in [2.45, 2.75) is 0 Å². The van der Waals surface area contributed by atoms with Crippen LogP contribution in [0.1, 0.15) is 0 Å². The van der Waals surface area contributed by atoms with Crippen LogP contribution in [0.15, 0.2) is 29.3 Å². The zero-order valence-corrected chi connectivity index (χ0v) is 6.57. The molecule has 0 amide bonds. The molecule has 2 aromatic heterocycles. The highest BCUT2D eigenvalue weighted by molar-refractivity contribution is 5.58. The number of aromatic amines is 1. The van der Waals surface area contributed by atoms with Crippen LogP contribution in [0.25, 0.3) is 5.52 Å². The van der Waals surface area contributed by atoms with E-state index in [9.17, 15) is 4.79 Å². The van der Waals surface area contributed by atoms with E-state index < -0.39 is 0 Å². The van der Waals surface area contributed by atoms with Gasteiger partial charge in [0.1, 0.15) is 11.3 Å². The number of hydrogen-bond donors (Lipinski definition) is 1. The average molecular weight is 164 g/mol. The molecular formula is C8H8N2O2. The summed E-state index contributed by atoms with van der Waals surface area (Å²) in [5, 5.41) is 0. The molecule has 0 aromatic carbocycles. The molecule has 2 aromatic rings. The monoisotopic (exact) mass is 164 g/mol. The summed E-state index contributed by atoms with van der Waals surface area (Å²) < 4.78 is 6.56. The van der Waals surface area contributed by atoms with Crippen LogP contribution in [0, 0.1) is 0 Å². The van der Waals surface area contributed by atoms with Gasteiger partial charge in [-0.05, 0) is 12.1 Å². The average Bonchev–Trinajstić information content (AvgIpc) is 2.48. The third-order valence-electron chi connectivity index (χ3n) is 1.77. The van der Waals surface area contributed by atoms with E-state index in [1.165, 1.54) is 4.40 Å². The Bertz CT molecular complexity index is 455. The maximum absolute atomic E-state index is 11.1. The number of rotatable bonds is 1. The Labute approximate surface area is 68.4 Å². The Balaban J connectivity index is 2.90. The zero-order valence-electron chi connectivity index (χ0n) is 6.57. The second-order valence-corrected chi connectivity index (χ2v) is 2.43. The van der Waals surface area contributed by atoms with Crippen molar-refractivity contribution >= 4 is 5.52 Å². The Morgan fingerprint density at radius 2 is 2.42 bits per heavy atom. The number of pyridine rings is 1. The molecule has 0 saturated heterocycles. The van der Waals surface area contributed by atoms with Gasteiger partial charge in [0.2, 0.25) is 0 Å². The number of nitrogens with one attached hydrogen (secondary N) is 1. The van der Waals surface area contributed by atoms with Gasteiger partial charge >= 0.3 is 5.69 Å². The Morgan fingerprint density at radius 1 is 1.58 bits per heavy atom. The molecule has 12 heavy (non-hydrogen) atoms. The number of H-pyrrole nitrogens is 1. The molecule has 0 radical (unpaired) electrons. The number of ether oxygens (including phenoxy) is 1. The second-order valence-electron chi connectivity index (χ2n) is 2.43. The second kappa shape index (κ2) is 2.41. The molecule has 0 aliphatic carbocycles. The summed E-state index contributed by atoms with van der Waals surface area (Å²) >= 11 is 0. The van der Waals surface area contributed by atoms with E-state index in [2.05, 4.69) is 4.98 Å². The van der Waals surface area contributed by atoms with Crippen LogP contribution in [-0.2, 0) is 0 Å². The molecule has 4 heteroatoms. The van der Waals surface area contributed by atoms with Crippen LogP contribution < -0.4 is 10.4 Å². The van der Waals surface area contributed by atoms with Gasteiger partial charge in [0, 0.05) is 12.4 Å². The molecular weight excluding hydrogens is 156 g/mol. The van der Waals surface area contributed by atoms with E-state index in [4.69, 9.17) is 4.74 Å². The molecule has 0 bridgehead atoms. The molecule has 0 saturated carbocycles. The fraction of sp³-hybridized carbons (Fsp3) is 0.125. The Morgan fingerprint density at radius 3 is 3.17 bits per heavy atom. The molecule has 0 unspecified atom stereocenters. The van der Waals surface area contributed by atoms with Crippen LogP contribution >= 0.6 is 0 Å².